The topological polar surface area (TPSA) is 95.1 Å². The highest BCUT2D eigenvalue weighted by Gasteiger charge is 2.30. The molecule has 6 nitrogen and oxygen atoms in total. The van der Waals surface area contributed by atoms with E-state index in [0.717, 1.165) is 12.5 Å². The molecule has 0 aromatic carbocycles. The van der Waals surface area contributed by atoms with E-state index >= 15 is 0 Å². The van der Waals surface area contributed by atoms with Crippen molar-refractivity contribution in [2.45, 2.75) is 10.9 Å². The number of H-pyrrole nitrogens is 1. The number of nitrogens with zero attached hydrogens (tertiary/aromatic N) is 1. The third-order valence-electron chi connectivity index (χ3n) is 1.51. The second-order valence-corrected chi connectivity index (χ2v) is 4.49. The quantitative estimate of drug-likeness (QED) is 0.636. The highest BCUT2D eigenvalue weighted by atomic mass is 32.2. The standard InChI is InChI=1S/C6H9F2N3O3S/c7-6(8,3-12)2-11-15(13,14)5-1-9-4-10-5/h1,4,11-12H,2-3H2,(H,9,10). The first-order valence-corrected chi connectivity index (χ1v) is 5.32. The molecule has 0 spiro atoms. The largest absolute Gasteiger partial charge is 0.390 e. The fourth-order valence-corrected chi connectivity index (χ4v) is 1.69. The number of aliphatic hydroxyl groups excluding tert-OH is 1. The Bertz CT molecular complexity index is 403. The smallest absolute Gasteiger partial charge is 0.283 e. The highest BCUT2D eigenvalue weighted by molar-refractivity contribution is 7.89. The van der Waals surface area contributed by atoms with Crippen LogP contribution in [0.2, 0.25) is 0 Å². The number of nitrogens with one attached hydrogen (secondary N) is 2. The number of aromatic amines is 1. The average molecular weight is 241 g/mol. The Morgan fingerprint density at radius 3 is 2.73 bits per heavy atom. The lowest BCUT2D eigenvalue weighted by atomic mass is 10.4. The van der Waals surface area contributed by atoms with Gasteiger partial charge in [-0.25, -0.2) is 26.9 Å². The molecule has 1 aromatic rings. The summed E-state index contributed by atoms with van der Waals surface area (Å²) >= 11 is 0. The minimum atomic E-state index is -4.02. The van der Waals surface area contributed by atoms with Gasteiger partial charge in [-0.2, -0.15) is 0 Å². The van der Waals surface area contributed by atoms with Crippen molar-refractivity contribution in [2.75, 3.05) is 13.2 Å². The van der Waals surface area contributed by atoms with Gasteiger partial charge in [0.05, 0.1) is 19.1 Å². The zero-order chi connectivity index (χ0) is 11.5. The van der Waals surface area contributed by atoms with Gasteiger partial charge < -0.3 is 10.1 Å². The second kappa shape index (κ2) is 4.21. The van der Waals surface area contributed by atoms with Gasteiger partial charge in [0.1, 0.15) is 6.61 Å². The molecular weight excluding hydrogens is 232 g/mol. The van der Waals surface area contributed by atoms with Crippen LogP contribution in [0, 0.1) is 0 Å². The van der Waals surface area contributed by atoms with E-state index in [-0.39, 0.29) is 5.03 Å². The fourth-order valence-electron chi connectivity index (χ4n) is 0.724. The predicted molar refractivity (Wildman–Crippen MR) is 45.8 cm³/mol. The van der Waals surface area contributed by atoms with Crippen molar-refractivity contribution in [3.63, 3.8) is 0 Å². The summed E-state index contributed by atoms with van der Waals surface area (Å²) in [7, 11) is -4.02. The summed E-state index contributed by atoms with van der Waals surface area (Å²) in [4.78, 5) is 5.70. The van der Waals surface area contributed by atoms with Crippen LogP contribution < -0.4 is 4.72 Å². The number of alkyl halides is 2. The molecule has 1 aromatic heterocycles. The normalized spacial score (nSPS) is 13.0. The Kier molecular flexibility index (Phi) is 3.37. The molecule has 0 aliphatic heterocycles. The fraction of sp³-hybridized carbons (Fsp3) is 0.500. The van der Waals surface area contributed by atoms with Crippen LogP contribution in [0.25, 0.3) is 0 Å². The van der Waals surface area contributed by atoms with Gasteiger partial charge >= 0.3 is 0 Å². The van der Waals surface area contributed by atoms with E-state index in [1.165, 1.54) is 0 Å². The predicted octanol–water partition coefficient (Wildman–Crippen LogP) is -0.684. The van der Waals surface area contributed by atoms with Crippen molar-refractivity contribution in [1.82, 2.24) is 14.7 Å². The number of rotatable bonds is 5. The third-order valence-corrected chi connectivity index (χ3v) is 2.84. The summed E-state index contributed by atoms with van der Waals surface area (Å²) in [5.74, 6) is -3.48. The van der Waals surface area contributed by atoms with Crippen LogP contribution in [0.1, 0.15) is 0 Å². The molecule has 0 radical (unpaired) electrons. The molecule has 0 aliphatic carbocycles. The number of halogens is 2. The third kappa shape index (κ3) is 3.22. The van der Waals surface area contributed by atoms with Crippen molar-refractivity contribution in [1.29, 1.82) is 0 Å². The van der Waals surface area contributed by atoms with E-state index in [2.05, 4.69) is 9.97 Å². The number of hydrogen-bond donors (Lipinski definition) is 3. The number of hydrogen-bond acceptors (Lipinski definition) is 4. The maximum atomic E-state index is 12.5. The first-order chi connectivity index (χ1) is 6.87. The lowest BCUT2D eigenvalue weighted by Gasteiger charge is -2.13. The van der Waals surface area contributed by atoms with Crippen molar-refractivity contribution in [2.24, 2.45) is 0 Å². The Balaban J connectivity index is 2.67. The minimum absolute atomic E-state index is 0.309. The summed E-state index contributed by atoms with van der Waals surface area (Å²) in [6.45, 7) is -2.58. The van der Waals surface area contributed by atoms with Crippen molar-refractivity contribution in [3.8, 4) is 0 Å². The Labute approximate surface area is 84.4 Å². The monoisotopic (exact) mass is 241 g/mol. The molecule has 0 unspecified atom stereocenters. The molecule has 15 heavy (non-hydrogen) atoms. The Morgan fingerprint density at radius 2 is 2.27 bits per heavy atom. The highest BCUT2D eigenvalue weighted by Crippen LogP contribution is 2.11. The first-order valence-electron chi connectivity index (χ1n) is 3.84. The number of sulfonamides is 1. The number of imidazole rings is 1. The number of aliphatic hydroxyl groups is 1. The van der Waals surface area contributed by atoms with E-state index in [1.54, 1.807) is 4.72 Å². The van der Waals surface area contributed by atoms with Gasteiger partial charge in [0.25, 0.3) is 15.9 Å². The number of aromatic nitrogens is 2. The van der Waals surface area contributed by atoms with Crippen LogP contribution in [0.3, 0.4) is 0 Å². The molecule has 9 heteroatoms. The molecule has 0 saturated carbocycles. The van der Waals surface area contributed by atoms with Crippen LogP contribution in [-0.4, -0.2) is 42.6 Å². The molecule has 0 saturated heterocycles. The van der Waals surface area contributed by atoms with E-state index in [1.807, 2.05) is 0 Å². The van der Waals surface area contributed by atoms with E-state index in [0.29, 0.717) is 0 Å². The molecule has 0 atom stereocenters. The molecule has 1 rings (SSSR count). The average Bonchev–Trinajstić information content (AvgIpc) is 2.69. The summed E-state index contributed by atoms with van der Waals surface area (Å²) in [6, 6.07) is 0. The zero-order valence-electron chi connectivity index (χ0n) is 7.44. The van der Waals surface area contributed by atoms with Gasteiger partial charge in [0.15, 0.2) is 5.03 Å². The van der Waals surface area contributed by atoms with Crippen LogP contribution >= 0.6 is 0 Å². The first kappa shape index (κ1) is 12.0. The van der Waals surface area contributed by atoms with Gasteiger partial charge in [0, 0.05) is 0 Å². The van der Waals surface area contributed by atoms with Crippen LogP contribution in [0.5, 0.6) is 0 Å². The van der Waals surface area contributed by atoms with Crippen molar-refractivity contribution < 1.29 is 22.3 Å². The minimum Gasteiger partial charge on any atom is -0.390 e. The molecule has 3 N–H and O–H groups in total. The van der Waals surface area contributed by atoms with Crippen LogP contribution in [0.15, 0.2) is 17.6 Å². The maximum Gasteiger partial charge on any atom is 0.283 e. The molecule has 0 fully saturated rings. The Hall–Kier alpha value is -1.06. The summed E-state index contributed by atoms with van der Waals surface area (Å²) in [5.41, 5.74) is 0. The van der Waals surface area contributed by atoms with Gasteiger partial charge in [-0.3, -0.25) is 0 Å². The zero-order valence-corrected chi connectivity index (χ0v) is 8.26. The lowest BCUT2D eigenvalue weighted by Crippen LogP contribution is -2.39. The molecule has 0 amide bonds. The van der Waals surface area contributed by atoms with Crippen LogP contribution in [-0.2, 0) is 10.0 Å². The molecule has 86 valence electrons. The van der Waals surface area contributed by atoms with Gasteiger partial charge in [-0.05, 0) is 0 Å². The van der Waals surface area contributed by atoms with E-state index in [9.17, 15) is 17.2 Å². The molecular formula is C6H9F2N3O3S. The van der Waals surface area contributed by atoms with E-state index in [4.69, 9.17) is 5.11 Å². The summed E-state index contributed by atoms with van der Waals surface area (Å²) < 4.78 is 49.2. The Morgan fingerprint density at radius 1 is 1.60 bits per heavy atom. The maximum absolute atomic E-state index is 12.5. The van der Waals surface area contributed by atoms with Crippen LogP contribution in [0.4, 0.5) is 8.78 Å². The van der Waals surface area contributed by atoms with Crippen molar-refractivity contribution in [3.05, 3.63) is 12.5 Å². The lowest BCUT2D eigenvalue weighted by molar-refractivity contribution is -0.0437. The van der Waals surface area contributed by atoms with Crippen molar-refractivity contribution >= 4 is 10.0 Å². The van der Waals surface area contributed by atoms with E-state index < -0.39 is 29.1 Å². The summed E-state index contributed by atoms with van der Waals surface area (Å²) in [5, 5.41) is 7.91. The molecule has 1 heterocycles. The molecule has 0 aliphatic rings. The summed E-state index contributed by atoms with van der Waals surface area (Å²) in [6.07, 6.45) is 2.10. The second-order valence-electron chi connectivity index (χ2n) is 2.75. The van der Waals surface area contributed by atoms with Gasteiger partial charge in [-0.1, -0.05) is 0 Å². The molecule has 0 bridgehead atoms. The van der Waals surface area contributed by atoms with Gasteiger partial charge in [0.2, 0.25) is 0 Å². The van der Waals surface area contributed by atoms with Gasteiger partial charge in [-0.15, -0.1) is 0 Å². The SMILES string of the molecule is O=S(=O)(NCC(F)(F)CO)c1cnc[nH]1.